The Bertz CT molecular complexity index is 589. The summed E-state index contributed by atoms with van der Waals surface area (Å²) in [6.45, 7) is 1.51. The van der Waals surface area contributed by atoms with Gasteiger partial charge < -0.3 is 10.2 Å². The first-order valence-corrected chi connectivity index (χ1v) is 6.55. The van der Waals surface area contributed by atoms with Gasteiger partial charge in [-0.05, 0) is 25.1 Å². The van der Waals surface area contributed by atoms with Crippen LogP contribution in [0.1, 0.15) is 18.9 Å². The standard InChI is InChI=1S/C13H12ClF3N2O2/c1-7-12(21)19(5-4-11(20)18-7)8-2-3-10(14)9(6-8)13(15,16)17/h2-3,6-7H,4-5H2,1H3,(H,18,20). The molecule has 1 N–H and O–H groups in total. The Hall–Kier alpha value is -1.76. The Balaban J connectivity index is 2.41. The molecule has 0 aromatic heterocycles. The van der Waals surface area contributed by atoms with E-state index in [4.69, 9.17) is 11.6 Å². The maximum absolute atomic E-state index is 12.9. The first-order valence-electron chi connectivity index (χ1n) is 6.17. The molecule has 2 rings (SSSR count). The minimum absolute atomic E-state index is 0.0218. The summed E-state index contributed by atoms with van der Waals surface area (Å²) in [5.74, 6) is -0.778. The van der Waals surface area contributed by atoms with E-state index in [0.29, 0.717) is 0 Å². The van der Waals surface area contributed by atoms with Gasteiger partial charge in [-0.15, -0.1) is 0 Å². The van der Waals surface area contributed by atoms with Gasteiger partial charge in [0.05, 0.1) is 10.6 Å². The number of benzene rings is 1. The molecule has 0 radical (unpaired) electrons. The predicted molar refractivity (Wildman–Crippen MR) is 71.0 cm³/mol. The van der Waals surface area contributed by atoms with E-state index in [2.05, 4.69) is 5.32 Å². The van der Waals surface area contributed by atoms with E-state index in [-0.39, 0.29) is 24.6 Å². The molecule has 1 fully saturated rings. The third-order valence-electron chi connectivity index (χ3n) is 3.14. The molecule has 1 aliphatic heterocycles. The lowest BCUT2D eigenvalue weighted by atomic mass is 10.1. The molecule has 8 heteroatoms. The van der Waals surface area contributed by atoms with E-state index in [1.165, 1.54) is 13.0 Å². The number of nitrogens with zero attached hydrogens (tertiary/aromatic N) is 1. The van der Waals surface area contributed by atoms with Gasteiger partial charge >= 0.3 is 6.18 Å². The molecule has 0 spiro atoms. The molecule has 1 aromatic rings. The van der Waals surface area contributed by atoms with Crippen molar-refractivity contribution in [2.75, 3.05) is 11.4 Å². The van der Waals surface area contributed by atoms with Crippen molar-refractivity contribution in [3.8, 4) is 0 Å². The third-order valence-corrected chi connectivity index (χ3v) is 3.47. The molecule has 0 saturated carbocycles. The number of hydrogen-bond donors (Lipinski definition) is 1. The molecule has 1 saturated heterocycles. The van der Waals surface area contributed by atoms with E-state index >= 15 is 0 Å². The summed E-state index contributed by atoms with van der Waals surface area (Å²) in [6, 6.07) is 2.46. The molecule has 21 heavy (non-hydrogen) atoms. The van der Waals surface area contributed by atoms with Gasteiger partial charge in [-0.3, -0.25) is 9.59 Å². The summed E-state index contributed by atoms with van der Waals surface area (Å²) in [5.41, 5.74) is -0.939. The third kappa shape index (κ3) is 3.29. The molecule has 2 amide bonds. The zero-order valence-electron chi connectivity index (χ0n) is 11.0. The fourth-order valence-electron chi connectivity index (χ4n) is 2.09. The number of halogens is 4. The molecular formula is C13H12ClF3N2O2. The van der Waals surface area contributed by atoms with Crippen molar-refractivity contribution in [3.63, 3.8) is 0 Å². The van der Waals surface area contributed by atoms with Crippen molar-refractivity contribution >= 4 is 29.1 Å². The van der Waals surface area contributed by atoms with Gasteiger partial charge in [-0.25, -0.2) is 0 Å². The van der Waals surface area contributed by atoms with E-state index in [1.807, 2.05) is 0 Å². The monoisotopic (exact) mass is 320 g/mol. The number of amides is 2. The average Bonchev–Trinajstić information content (AvgIpc) is 2.50. The largest absolute Gasteiger partial charge is 0.417 e. The Kier molecular flexibility index (Phi) is 4.13. The molecule has 1 aromatic carbocycles. The Morgan fingerprint density at radius 1 is 1.33 bits per heavy atom. The van der Waals surface area contributed by atoms with Gasteiger partial charge in [0.25, 0.3) is 0 Å². The average molecular weight is 321 g/mol. The normalized spacial score (nSPS) is 20.2. The lowest BCUT2D eigenvalue weighted by molar-refractivity contribution is -0.137. The van der Waals surface area contributed by atoms with Crippen molar-refractivity contribution in [1.82, 2.24) is 5.32 Å². The van der Waals surface area contributed by atoms with E-state index in [9.17, 15) is 22.8 Å². The van der Waals surface area contributed by atoms with Crippen LogP contribution in [0.5, 0.6) is 0 Å². The van der Waals surface area contributed by atoms with E-state index < -0.39 is 28.7 Å². The smallest absolute Gasteiger partial charge is 0.345 e. The van der Waals surface area contributed by atoms with Crippen LogP contribution in [0.2, 0.25) is 5.02 Å². The van der Waals surface area contributed by atoms with Crippen molar-refractivity contribution in [1.29, 1.82) is 0 Å². The predicted octanol–water partition coefficient (Wildman–Crippen LogP) is 2.60. The van der Waals surface area contributed by atoms with Gasteiger partial charge in [0, 0.05) is 18.7 Å². The number of anilines is 1. The van der Waals surface area contributed by atoms with Crippen LogP contribution >= 0.6 is 11.6 Å². The van der Waals surface area contributed by atoms with Crippen molar-refractivity contribution in [2.24, 2.45) is 0 Å². The maximum atomic E-state index is 12.9. The lowest BCUT2D eigenvalue weighted by Crippen LogP contribution is -2.42. The van der Waals surface area contributed by atoms with Crippen LogP contribution in [0, 0.1) is 0 Å². The van der Waals surface area contributed by atoms with Gasteiger partial charge in [-0.2, -0.15) is 13.2 Å². The molecule has 0 bridgehead atoms. The molecule has 114 valence electrons. The summed E-state index contributed by atoms with van der Waals surface area (Å²) in [6.07, 6.45) is -4.58. The number of carbonyl (C=O) groups excluding carboxylic acids is 2. The summed E-state index contributed by atoms with van der Waals surface area (Å²) in [4.78, 5) is 24.7. The van der Waals surface area contributed by atoms with Crippen LogP contribution < -0.4 is 10.2 Å². The molecular weight excluding hydrogens is 309 g/mol. The van der Waals surface area contributed by atoms with Gasteiger partial charge in [-0.1, -0.05) is 11.6 Å². The SMILES string of the molecule is CC1NC(=O)CCN(c2ccc(Cl)c(C(F)(F)F)c2)C1=O. The number of nitrogens with one attached hydrogen (secondary N) is 1. The first-order chi connectivity index (χ1) is 9.70. The fourth-order valence-corrected chi connectivity index (χ4v) is 2.31. The van der Waals surface area contributed by atoms with Crippen molar-refractivity contribution in [2.45, 2.75) is 25.6 Å². The second-order valence-corrected chi connectivity index (χ2v) is 5.10. The number of rotatable bonds is 1. The molecule has 0 aliphatic carbocycles. The van der Waals surface area contributed by atoms with Crippen LogP contribution in [0.4, 0.5) is 18.9 Å². The molecule has 1 atom stereocenters. The Morgan fingerprint density at radius 2 is 2.00 bits per heavy atom. The first kappa shape index (κ1) is 15.6. The van der Waals surface area contributed by atoms with Gasteiger partial charge in [0.2, 0.25) is 11.8 Å². The van der Waals surface area contributed by atoms with Crippen molar-refractivity contribution in [3.05, 3.63) is 28.8 Å². The van der Waals surface area contributed by atoms with E-state index in [0.717, 1.165) is 17.0 Å². The highest BCUT2D eigenvalue weighted by molar-refractivity contribution is 6.31. The van der Waals surface area contributed by atoms with Gasteiger partial charge in [0.1, 0.15) is 6.04 Å². The fraction of sp³-hybridized carbons (Fsp3) is 0.385. The minimum Gasteiger partial charge on any atom is -0.345 e. The number of alkyl halides is 3. The molecule has 4 nitrogen and oxygen atoms in total. The second-order valence-electron chi connectivity index (χ2n) is 4.69. The van der Waals surface area contributed by atoms with Crippen LogP contribution in [0.3, 0.4) is 0 Å². The van der Waals surface area contributed by atoms with E-state index in [1.54, 1.807) is 0 Å². The quantitative estimate of drug-likeness (QED) is 0.864. The summed E-state index contributed by atoms with van der Waals surface area (Å²) >= 11 is 5.55. The topological polar surface area (TPSA) is 49.4 Å². The highest BCUT2D eigenvalue weighted by Gasteiger charge is 2.35. The lowest BCUT2D eigenvalue weighted by Gasteiger charge is -2.23. The number of carbonyl (C=O) groups is 2. The summed E-state index contributed by atoms with van der Waals surface area (Å²) in [7, 11) is 0. The zero-order valence-corrected chi connectivity index (χ0v) is 11.8. The van der Waals surface area contributed by atoms with Crippen LogP contribution in [0.25, 0.3) is 0 Å². The van der Waals surface area contributed by atoms with Crippen LogP contribution in [0.15, 0.2) is 18.2 Å². The zero-order chi connectivity index (χ0) is 15.8. The summed E-state index contributed by atoms with van der Waals surface area (Å²) in [5, 5.41) is 2.03. The minimum atomic E-state index is -4.61. The molecule has 1 unspecified atom stereocenters. The highest BCUT2D eigenvalue weighted by atomic mass is 35.5. The Labute approximate surface area is 123 Å². The van der Waals surface area contributed by atoms with Crippen molar-refractivity contribution < 1.29 is 22.8 Å². The summed E-state index contributed by atoms with van der Waals surface area (Å²) < 4.78 is 38.6. The molecule has 1 heterocycles. The molecule has 1 aliphatic rings. The van der Waals surface area contributed by atoms with Gasteiger partial charge in [0.15, 0.2) is 0 Å². The highest BCUT2D eigenvalue weighted by Crippen LogP contribution is 2.37. The van der Waals surface area contributed by atoms with Crippen LogP contribution in [-0.4, -0.2) is 24.4 Å². The second kappa shape index (κ2) is 5.55. The van der Waals surface area contributed by atoms with Crippen LogP contribution in [-0.2, 0) is 15.8 Å². The maximum Gasteiger partial charge on any atom is 0.417 e. The Morgan fingerprint density at radius 3 is 2.62 bits per heavy atom. The number of hydrogen-bond acceptors (Lipinski definition) is 2.